The van der Waals surface area contributed by atoms with E-state index in [1.165, 1.54) is 18.2 Å². The average molecular weight is 433 g/mol. The Morgan fingerprint density at radius 2 is 2.03 bits per heavy atom. The Labute approximate surface area is 178 Å². The van der Waals surface area contributed by atoms with Crippen LogP contribution in [0.15, 0.2) is 30.5 Å². The summed E-state index contributed by atoms with van der Waals surface area (Å²) in [5, 5.41) is 17.4. The number of nitrogens with zero attached hydrogens (tertiary/aromatic N) is 4. The van der Waals surface area contributed by atoms with Gasteiger partial charge in [-0.3, -0.25) is 9.48 Å². The van der Waals surface area contributed by atoms with E-state index in [-0.39, 0.29) is 23.4 Å². The highest BCUT2D eigenvalue weighted by Crippen LogP contribution is 2.25. The quantitative estimate of drug-likeness (QED) is 0.557. The monoisotopic (exact) mass is 433 g/mol. The molecular weight excluding hydrogens is 408 g/mol. The van der Waals surface area contributed by atoms with Gasteiger partial charge in [0.05, 0.1) is 11.7 Å². The standard InChI is InChI=1S/C21H25F2N5O3/c1-12(2)31-20-14(19(29)25-16-7-5-6-15(24-16)17(22)23)10-13-11-28(27-18(13)26-20)9-8-21(3,4)30/h5-7,10-12,17,30H,8-9H2,1-4H3,(H,24,25,29). The van der Waals surface area contributed by atoms with E-state index in [1.807, 2.05) is 0 Å². The molecule has 0 saturated heterocycles. The minimum atomic E-state index is -2.75. The highest BCUT2D eigenvalue weighted by atomic mass is 19.3. The summed E-state index contributed by atoms with van der Waals surface area (Å²) >= 11 is 0. The van der Waals surface area contributed by atoms with Crippen molar-refractivity contribution in [2.45, 2.75) is 58.8 Å². The van der Waals surface area contributed by atoms with Crippen molar-refractivity contribution in [1.29, 1.82) is 0 Å². The third kappa shape index (κ3) is 5.94. The van der Waals surface area contributed by atoms with Crippen LogP contribution >= 0.6 is 0 Å². The van der Waals surface area contributed by atoms with Crippen molar-refractivity contribution in [3.63, 3.8) is 0 Å². The topological polar surface area (TPSA) is 102 Å². The Balaban J connectivity index is 1.92. The molecule has 0 aliphatic rings. The first-order chi connectivity index (χ1) is 14.5. The van der Waals surface area contributed by atoms with Crippen LogP contribution in [0, 0.1) is 0 Å². The lowest BCUT2D eigenvalue weighted by molar-refractivity contribution is 0.0651. The summed E-state index contributed by atoms with van der Waals surface area (Å²) in [4.78, 5) is 21.0. The Hall–Kier alpha value is -3.14. The van der Waals surface area contributed by atoms with Crippen LogP contribution in [0.25, 0.3) is 11.0 Å². The normalized spacial score (nSPS) is 12.0. The third-order valence-corrected chi connectivity index (χ3v) is 4.29. The van der Waals surface area contributed by atoms with Crippen molar-refractivity contribution in [2.75, 3.05) is 5.32 Å². The second kappa shape index (κ2) is 8.93. The number of amides is 1. The molecule has 0 spiro atoms. The minimum Gasteiger partial charge on any atom is -0.474 e. The number of alkyl halides is 2. The highest BCUT2D eigenvalue weighted by Gasteiger charge is 2.20. The number of ether oxygens (including phenoxy) is 1. The minimum absolute atomic E-state index is 0.000679. The molecule has 31 heavy (non-hydrogen) atoms. The first-order valence-electron chi connectivity index (χ1n) is 9.85. The molecule has 0 bridgehead atoms. The number of rotatable bonds is 8. The molecule has 166 valence electrons. The number of hydrogen-bond acceptors (Lipinski definition) is 6. The van der Waals surface area contributed by atoms with Gasteiger partial charge >= 0.3 is 0 Å². The van der Waals surface area contributed by atoms with Crippen molar-refractivity contribution >= 4 is 22.8 Å². The van der Waals surface area contributed by atoms with Crippen molar-refractivity contribution in [2.24, 2.45) is 0 Å². The highest BCUT2D eigenvalue weighted by molar-refractivity contribution is 6.07. The summed E-state index contributed by atoms with van der Waals surface area (Å²) < 4.78 is 33.1. The van der Waals surface area contributed by atoms with Crippen molar-refractivity contribution in [3.05, 3.63) is 41.7 Å². The van der Waals surface area contributed by atoms with Gasteiger partial charge in [0.15, 0.2) is 5.65 Å². The lowest BCUT2D eigenvalue weighted by Crippen LogP contribution is -2.21. The van der Waals surface area contributed by atoms with Crippen LogP contribution in [0.2, 0.25) is 0 Å². The fourth-order valence-electron chi connectivity index (χ4n) is 2.79. The van der Waals surface area contributed by atoms with Gasteiger partial charge in [-0.2, -0.15) is 10.1 Å². The van der Waals surface area contributed by atoms with Gasteiger partial charge in [-0.05, 0) is 52.3 Å². The van der Waals surface area contributed by atoms with E-state index in [4.69, 9.17) is 4.74 Å². The van der Waals surface area contributed by atoms with Crippen LogP contribution in [0.1, 0.15) is 56.6 Å². The van der Waals surface area contributed by atoms with Gasteiger partial charge in [-0.1, -0.05) is 6.07 Å². The molecule has 0 atom stereocenters. The number of aliphatic hydroxyl groups is 1. The maximum Gasteiger partial charge on any atom is 0.280 e. The smallest absolute Gasteiger partial charge is 0.280 e. The molecule has 0 saturated carbocycles. The van der Waals surface area contributed by atoms with E-state index >= 15 is 0 Å². The van der Waals surface area contributed by atoms with Gasteiger partial charge in [0.1, 0.15) is 17.1 Å². The number of aryl methyl sites for hydroxylation is 1. The van der Waals surface area contributed by atoms with Crippen LogP contribution < -0.4 is 10.1 Å². The number of aromatic nitrogens is 4. The molecule has 3 rings (SSSR count). The third-order valence-electron chi connectivity index (χ3n) is 4.29. The molecule has 0 fully saturated rings. The number of pyridine rings is 2. The first kappa shape index (κ1) is 22.5. The molecule has 0 unspecified atom stereocenters. The number of anilines is 1. The Bertz CT molecular complexity index is 1080. The molecule has 3 aromatic heterocycles. The van der Waals surface area contributed by atoms with E-state index in [0.29, 0.717) is 24.0 Å². The van der Waals surface area contributed by atoms with Crippen LogP contribution in [0.4, 0.5) is 14.6 Å². The summed E-state index contributed by atoms with van der Waals surface area (Å²) in [6, 6.07) is 5.58. The lowest BCUT2D eigenvalue weighted by atomic mass is 10.1. The number of carbonyl (C=O) groups is 1. The predicted octanol–water partition coefficient (Wildman–Crippen LogP) is 3.96. The first-order valence-corrected chi connectivity index (χ1v) is 9.85. The van der Waals surface area contributed by atoms with Gasteiger partial charge in [-0.25, -0.2) is 13.8 Å². The van der Waals surface area contributed by atoms with Gasteiger partial charge in [0, 0.05) is 18.1 Å². The number of hydrogen-bond donors (Lipinski definition) is 2. The molecule has 3 heterocycles. The molecule has 0 aliphatic heterocycles. The van der Waals surface area contributed by atoms with E-state index in [0.717, 1.165) is 0 Å². The van der Waals surface area contributed by atoms with Gasteiger partial charge in [0.2, 0.25) is 5.88 Å². The fraction of sp³-hybridized carbons (Fsp3) is 0.429. The molecule has 10 heteroatoms. The van der Waals surface area contributed by atoms with Gasteiger partial charge < -0.3 is 15.2 Å². The maximum atomic E-state index is 12.9. The van der Waals surface area contributed by atoms with Crippen molar-refractivity contribution < 1.29 is 23.4 Å². The Morgan fingerprint density at radius 1 is 1.29 bits per heavy atom. The predicted molar refractivity (Wildman–Crippen MR) is 111 cm³/mol. The van der Waals surface area contributed by atoms with Crippen LogP contribution in [-0.2, 0) is 6.54 Å². The van der Waals surface area contributed by atoms with E-state index < -0.39 is 23.6 Å². The molecule has 1 amide bonds. The molecule has 2 N–H and O–H groups in total. The number of fused-ring (bicyclic) bond motifs is 1. The molecule has 0 aliphatic carbocycles. The zero-order chi connectivity index (χ0) is 22.8. The largest absolute Gasteiger partial charge is 0.474 e. The second-order valence-electron chi connectivity index (χ2n) is 8.08. The fourth-order valence-corrected chi connectivity index (χ4v) is 2.79. The Morgan fingerprint density at radius 3 is 2.68 bits per heavy atom. The summed E-state index contributed by atoms with van der Waals surface area (Å²) in [6.45, 7) is 7.48. The summed E-state index contributed by atoms with van der Waals surface area (Å²) in [5.74, 6) is -0.509. The molecule has 3 aromatic rings. The summed E-state index contributed by atoms with van der Waals surface area (Å²) in [7, 11) is 0. The van der Waals surface area contributed by atoms with Crippen LogP contribution in [0.5, 0.6) is 5.88 Å². The number of nitrogens with one attached hydrogen (secondary N) is 1. The van der Waals surface area contributed by atoms with Crippen molar-refractivity contribution in [1.82, 2.24) is 19.7 Å². The number of carbonyl (C=O) groups excluding carboxylic acids is 1. The van der Waals surface area contributed by atoms with Gasteiger partial charge in [-0.15, -0.1) is 0 Å². The number of halogens is 2. The lowest BCUT2D eigenvalue weighted by Gasteiger charge is -2.16. The zero-order valence-electron chi connectivity index (χ0n) is 17.8. The zero-order valence-corrected chi connectivity index (χ0v) is 17.8. The van der Waals surface area contributed by atoms with Gasteiger partial charge in [0.25, 0.3) is 12.3 Å². The van der Waals surface area contributed by atoms with E-state index in [9.17, 15) is 18.7 Å². The van der Waals surface area contributed by atoms with Crippen LogP contribution in [-0.4, -0.2) is 42.5 Å². The maximum absolute atomic E-state index is 12.9. The molecular formula is C21H25F2N5O3. The second-order valence-corrected chi connectivity index (χ2v) is 8.08. The molecule has 0 radical (unpaired) electrons. The molecule has 8 nitrogen and oxygen atoms in total. The van der Waals surface area contributed by atoms with E-state index in [1.54, 1.807) is 44.6 Å². The SMILES string of the molecule is CC(C)Oc1nc2nn(CCC(C)(C)O)cc2cc1C(=O)Nc1cccc(C(F)F)n1. The summed E-state index contributed by atoms with van der Waals surface area (Å²) in [6.07, 6.45) is -0.798. The van der Waals surface area contributed by atoms with E-state index in [2.05, 4.69) is 20.4 Å². The van der Waals surface area contributed by atoms with Crippen LogP contribution in [0.3, 0.4) is 0 Å². The Kier molecular flexibility index (Phi) is 6.49. The molecule has 0 aromatic carbocycles. The average Bonchev–Trinajstić information content (AvgIpc) is 3.07. The summed E-state index contributed by atoms with van der Waals surface area (Å²) in [5.41, 5.74) is -0.756. The van der Waals surface area contributed by atoms with Crippen molar-refractivity contribution in [3.8, 4) is 5.88 Å².